The standard InChI is InChI=1S/C21H18Cl2N2O/c1-13(26)19-12-24-20-17(14-9-15(22)11-16(23)10-14)5-4-6-18(20)21(19)25-7-2-3-8-25/h4-6,9-12H,2-3,7-8H2,1H3. The highest BCUT2D eigenvalue weighted by Crippen LogP contribution is 2.37. The number of ketones is 1. The zero-order valence-electron chi connectivity index (χ0n) is 14.4. The maximum Gasteiger partial charge on any atom is 0.163 e. The summed E-state index contributed by atoms with van der Waals surface area (Å²) in [5, 5.41) is 2.17. The van der Waals surface area contributed by atoms with Crippen LogP contribution in [0.3, 0.4) is 0 Å². The molecule has 0 unspecified atom stereocenters. The molecule has 4 rings (SSSR count). The molecule has 0 aliphatic carbocycles. The fourth-order valence-electron chi connectivity index (χ4n) is 3.69. The van der Waals surface area contributed by atoms with Gasteiger partial charge in [-0.1, -0.05) is 41.4 Å². The average molecular weight is 385 g/mol. The van der Waals surface area contributed by atoms with Gasteiger partial charge in [0.1, 0.15) is 0 Å². The first-order valence-corrected chi connectivity index (χ1v) is 9.44. The first-order valence-electron chi connectivity index (χ1n) is 8.68. The lowest BCUT2D eigenvalue weighted by molar-refractivity contribution is 0.101. The van der Waals surface area contributed by atoms with E-state index in [4.69, 9.17) is 23.2 Å². The monoisotopic (exact) mass is 384 g/mol. The third kappa shape index (κ3) is 3.06. The maximum absolute atomic E-state index is 12.2. The summed E-state index contributed by atoms with van der Waals surface area (Å²) in [5.41, 5.74) is 4.42. The highest BCUT2D eigenvalue weighted by Gasteiger charge is 2.22. The molecule has 1 saturated heterocycles. The van der Waals surface area contributed by atoms with Crippen molar-refractivity contribution in [3.63, 3.8) is 0 Å². The molecule has 132 valence electrons. The number of halogens is 2. The fourth-order valence-corrected chi connectivity index (χ4v) is 4.22. The van der Waals surface area contributed by atoms with Gasteiger partial charge >= 0.3 is 0 Å². The van der Waals surface area contributed by atoms with Crippen LogP contribution in [-0.2, 0) is 0 Å². The summed E-state index contributed by atoms with van der Waals surface area (Å²) in [7, 11) is 0. The van der Waals surface area contributed by atoms with Gasteiger partial charge in [-0.2, -0.15) is 0 Å². The van der Waals surface area contributed by atoms with Gasteiger partial charge in [0.25, 0.3) is 0 Å². The van der Waals surface area contributed by atoms with Crippen LogP contribution in [0.2, 0.25) is 10.0 Å². The minimum atomic E-state index is 0.0394. The number of benzene rings is 2. The van der Waals surface area contributed by atoms with Crippen LogP contribution >= 0.6 is 23.2 Å². The largest absolute Gasteiger partial charge is 0.370 e. The quantitative estimate of drug-likeness (QED) is 0.518. The van der Waals surface area contributed by atoms with E-state index in [1.807, 2.05) is 30.3 Å². The van der Waals surface area contributed by atoms with Crippen LogP contribution in [0.5, 0.6) is 0 Å². The van der Waals surface area contributed by atoms with Crippen LogP contribution in [0.15, 0.2) is 42.6 Å². The molecule has 3 aromatic rings. The lowest BCUT2D eigenvalue weighted by Crippen LogP contribution is -2.21. The summed E-state index contributed by atoms with van der Waals surface area (Å²) in [4.78, 5) is 19.1. The molecule has 2 heterocycles. The van der Waals surface area contributed by atoms with E-state index in [9.17, 15) is 4.79 Å². The van der Waals surface area contributed by atoms with E-state index in [2.05, 4.69) is 9.88 Å². The van der Waals surface area contributed by atoms with Gasteiger partial charge in [-0.25, -0.2) is 0 Å². The maximum atomic E-state index is 12.2. The summed E-state index contributed by atoms with van der Waals surface area (Å²) < 4.78 is 0. The van der Waals surface area contributed by atoms with Crippen molar-refractivity contribution in [3.8, 4) is 11.1 Å². The predicted octanol–water partition coefficient (Wildman–Crippen LogP) is 6.01. The van der Waals surface area contributed by atoms with Crippen molar-refractivity contribution in [2.75, 3.05) is 18.0 Å². The number of carbonyl (C=O) groups is 1. The van der Waals surface area contributed by atoms with Crippen molar-refractivity contribution in [2.45, 2.75) is 19.8 Å². The molecule has 5 heteroatoms. The smallest absolute Gasteiger partial charge is 0.163 e. The van der Waals surface area contributed by atoms with Crippen molar-refractivity contribution in [1.82, 2.24) is 4.98 Å². The topological polar surface area (TPSA) is 33.2 Å². The van der Waals surface area contributed by atoms with Gasteiger partial charge in [0, 0.05) is 40.3 Å². The summed E-state index contributed by atoms with van der Waals surface area (Å²) in [6, 6.07) is 11.5. The SMILES string of the molecule is CC(=O)c1cnc2c(-c3cc(Cl)cc(Cl)c3)cccc2c1N1CCCC1. The number of nitrogens with zero attached hydrogens (tertiary/aromatic N) is 2. The van der Waals surface area contributed by atoms with Gasteiger partial charge in [-0.05, 0) is 43.5 Å². The molecule has 2 aromatic carbocycles. The lowest BCUT2D eigenvalue weighted by Gasteiger charge is -2.23. The summed E-state index contributed by atoms with van der Waals surface area (Å²) >= 11 is 12.4. The van der Waals surface area contributed by atoms with Crippen molar-refractivity contribution in [3.05, 3.63) is 58.2 Å². The molecule has 0 spiro atoms. The van der Waals surface area contributed by atoms with Gasteiger partial charge in [0.15, 0.2) is 5.78 Å². The van der Waals surface area contributed by atoms with Gasteiger partial charge in [-0.3, -0.25) is 9.78 Å². The zero-order valence-corrected chi connectivity index (χ0v) is 15.9. The predicted molar refractivity (Wildman–Crippen MR) is 109 cm³/mol. The molecule has 0 amide bonds. The van der Waals surface area contributed by atoms with Gasteiger partial charge in [-0.15, -0.1) is 0 Å². The number of rotatable bonds is 3. The molecule has 1 aromatic heterocycles. The van der Waals surface area contributed by atoms with Crippen LogP contribution in [0.25, 0.3) is 22.0 Å². The van der Waals surface area contributed by atoms with Crippen LogP contribution in [-0.4, -0.2) is 23.9 Å². The zero-order chi connectivity index (χ0) is 18.3. The summed E-state index contributed by atoms with van der Waals surface area (Å²) in [6.07, 6.45) is 3.99. The first kappa shape index (κ1) is 17.3. The van der Waals surface area contributed by atoms with E-state index >= 15 is 0 Å². The molecule has 1 aliphatic heterocycles. The van der Waals surface area contributed by atoms with Crippen molar-refractivity contribution in [2.24, 2.45) is 0 Å². The van der Waals surface area contributed by atoms with Crippen molar-refractivity contribution >= 4 is 45.6 Å². The Bertz CT molecular complexity index is 990. The van der Waals surface area contributed by atoms with Gasteiger partial charge in [0.05, 0.1) is 16.8 Å². The Balaban J connectivity index is 2.00. The van der Waals surface area contributed by atoms with E-state index in [1.54, 1.807) is 19.2 Å². The molecule has 0 bridgehead atoms. The van der Waals surface area contributed by atoms with Gasteiger partial charge < -0.3 is 4.90 Å². The molecule has 26 heavy (non-hydrogen) atoms. The van der Waals surface area contributed by atoms with E-state index in [0.717, 1.165) is 53.6 Å². The van der Waals surface area contributed by atoms with Crippen molar-refractivity contribution < 1.29 is 4.79 Å². The average Bonchev–Trinajstić information content (AvgIpc) is 3.13. The number of carbonyl (C=O) groups excluding carboxylic acids is 1. The lowest BCUT2D eigenvalue weighted by atomic mass is 9.98. The number of aromatic nitrogens is 1. The molecule has 1 fully saturated rings. The molecule has 0 saturated carbocycles. The molecule has 3 nitrogen and oxygen atoms in total. The highest BCUT2D eigenvalue weighted by molar-refractivity contribution is 6.35. The number of Topliss-reactive ketones (excluding diaryl/α,β-unsaturated/α-hetero) is 1. The van der Waals surface area contributed by atoms with E-state index in [-0.39, 0.29) is 5.78 Å². The molecule has 1 aliphatic rings. The molecule has 0 radical (unpaired) electrons. The molecule has 0 N–H and O–H groups in total. The number of anilines is 1. The van der Waals surface area contributed by atoms with Crippen LogP contribution < -0.4 is 4.90 Å². The van der Waals surface area contributed by atoms with Crippen LogP contribution in [0.1, 0.15) is 30.1 Å². The highest BCUT2D eigenvalue weighted by atomic mass is 35.5. The van der Waals surface area contributed by atoms with Gasteiger partial charge in [0.2, 0.25) is 0 Å². The third-order valence-electron chi connectivity index (χ3n) is 4.84. The number of hydrogen-bond acceptors (Lipinski definition) is 3. The second-order valence-electron chi connectivity index (χ2n) is 6.63. The third-order valence-corrected chi connectivity index (χ3v) is 5.28. The number of pyridine rings is 1. The van der Waals surface area contributed by atoms with E-state index in [1.165, 1.54) is 0 Å². The summed E-state index contributed by atoms with van der Waals surface area (Å²) in [5.74, 6) is 0.0394. The number of para-hydroxylation sites is 1. The Kier molecular flexibility index (Phi) is 4.60. The number of hydrogen-bond donors (Lipinski definition) is 0. The van der Waals surface area contributed by atoms with E-state index < -0.39 is 0 Å². The minimum absolute atomic E-state index is 0.0394. The minimum Gasteiger partial charge on any atom is -0.370 e. The van der Waals surface area contributed by atoms with Crippen molar-refractivity contribution in [1.29, 1.82) is 0 Å². The summed E-state index contributed by atoms with van der Waals surface area (Å²) in [6.45, 7) is 3.53. The normalized spacial score (nSPS) is 14.2. The number of fused-ring (bicyclic) bond motifs is 1. The molecular formula is C21H18Cl2N2O. The van der Waals surface area contributed by atoms with E-state index in [0.29, 0.717) is 15.6 Å². The Morgan fingerprint density at radius 3 is 2.42 bits per heavy atom. The Morgan fingerprint density at radius 2 is 1.77 bits per heavy atom. The fraction of sp³-hybridized carbons (Fsp3) is 0.238. The Labute approximate surface area is 162 Å². The first-order chi connectivity index (χ1) is 12.5. The van der Waals surface area contributed by atoms with Crippen LogP contribution in [0, 0.1) is 0 Å². The second-order valence-corrected chi connectivity index (χ2v) is 7.50. The molecular weight excluding hydrogens is 367 g/mol. The van der Waals surface area contributed by atoms with Crippen LogP contribution in [0.4, 0.5) is 5.69 Å². The second kappa shape index (κ2) is 6.90. The molecule has 0 atom stereocenters. The Hall–Kier alpha value is -2.10. The Morgan fingerprint density at radius 1 is 1.08 bits per heavy atom.